The molecule has 25 heavy (non-hydrogen) atoms. The van der Waals surface area contributed by atoms with Gasteiger partial charge in [0.1, 0.15) is 6.33 Å². The van der Waals surface area contributed by atoms with E-state index in [0.29, 0.717) is 12.2 Å². The number of carbonyl (C=O) groups is 1. The van der Waals surface area contributed by atoms with Crippen LogP contribution in [0.5, 0.6) is 0 Å². The minimum Gasteiger partial charge on any atom is -0.338 e. The first-order chi connectivity index (χ1) is 12.1. The summed E-state index contributed by atoms with van der Waals surface area (Å²) >= 11 is 0. The lowest BCUT2D eigenvalue weighted by atomic mass is 10.2. The molecule has 3 rings (SSSR count). The molecule has 1 atom stereocenters. The fraction of sp³-hybridized carbons (Fsp3) is 0.312. The van der Waals surface area contributed by atoms with E-state index in [9.17, 15) is 4.79 Å². The van der Waals surface area contributed by atoms with Crippen LogP contribution in [0.15, 0.2) is 43.0 Å². The first kappa shape index (κ1) is 16.6. The predicted molar refractivity (Wildman–Crippen MR) is 92.3 cm³/mol. The molecule has 0 aliphatic heterocycles. The van der Waals surface area contributed by atoms with Crippen molar-refractivity contribution in [3.05, 3.63) is 48.5 Å². The van der Waals surface area contributed by atoms with E-state index in [0.717, 1.165) is 17.8 Å². The standard InChI is InChI=1S/C16H20N8O/c1-12(10-23-7-3-6-19-23)9-17-16(25)20-14-4-5-15(13(2)8-14)24-11-18-21-22-24/h3-8,11-12H,9-10H2,1-2H3,(H2,17,20,25)/t12-/m1/s1. The van der Waals surface area contributed by atoms with Crippen LogP contribution in [0.1, 0.15) is 12.5 Å². The number of carbonyl (C=O) groups excluding carboxylic acids is 1. The summed E-state index contributed by atoms with van der Waals surface area (Å²) in [5, 5.41) is 21.0. The highest BCUT2D eigenvalue weighted by atomic mass is 16.2. The van der Waals surface area contributed by atoms with Crippen LogP contribution in [0.25, 0.3) is 5.69 Å². The van der Waals surface area contributed by atoms with Crippen LogP contribution in [-0.2, 0) is 6.54 Å². The van der Waals surface area contributed by atoms with Crippen LogP contribution in [0.3, 0.4) is 0 Å². The molecule has 0 spiro atoms. The molecule has 0 aliphatic rings. The van der Waals surface area contributed by atoms with Gasteiger partial charge in [0.2, 0.25) is 0 Å². The number of anilines is 1. The number of tetrazole rings is 1. The third kappa shape index (κ3) is 4.40. The van der Waals surface area contributed by atoms with Gasteiger partial charge in [0, 0.05) is 31.2 Å². The lowest BCUT2D eigenvalue weighted by molar-refractivity contribution is 0.249. The van der Waals surface area contributed by atoms with Gasteiger partial charge < -0.3 is 10.6 Å². The summed E-state index contributed by atoms with van der Waals surface area (Å²) in [6.07, 6.45) is 5.18. The summed E-state index contributed by atoms with van der Waals surface area (Å²) < 4.78 is 3.43. The first-order valence-electron chi connectivity index (χ1n) is 7.98. The molecule has 2 amide bonds. The highest BCUT2D eigenvalue weighted by Crippen LogP contribution is 2.17. The minimum atomic E-state index is -0.234. The zero-order valence-corrected chi connectivity index (χ0v) is 14.1. The average molecular weight is 340 g/mol. The van der Waals surface area contributed by atoms with E-state index in [2.05, 4.69) is 38.2 Å². The van der Waals surface area contributed by atoms with Crippen molar-refractivity contribution in [2.45, 2.75) is 20.4 Å². The number of rotatable bonds is 6. The van der Waals surface area contributed by atoms with Gasteiger partial charge in [-0.25, -0.2) is 9.48 Å². The normalized spacial score (nSPS) is 11.9. The van der Waals surface area contributed by atoms with Crippen LogP contribution < -0.4 is 10.6 Å². The largest absolute Gasteiger partial charge is 0.338 e. The second-order valence-corrected chi connectivity index (χ2v) is 5.92. The molecule has 0 saturated heterocycles. The fourth-order valence-corrected chi connectivity index (χ4v) is 2.50. The van der Waals surface area contributed by atoms with Crippen LogP contribution in [0.2, 0.25) is 0 Å². The molecule has 0 unspecified atom stereocenters. The molecule has 9 heteroatoms. The molecular formula is C16H20N8O. The second-order valence-electron chi connectivity index (χ2n) is 5.92. The van der Waals surface area contributed by atoms with Crippen molar-refractivity contribution in [2.24, 2.45) is 5.92 Å². The lowest BCUT2D eigenvalue weighted by Gasteiger charge is -2.14. The molecule has 3 aromatic rings. The van der Waals surface area contributed by atoms with Crippen LogP contribution in [0, 0.1) is 12.8 Å². The van der Waals surface area contributed by atoms with Gasteiger partial charge in [0.25, 0.3) is 0 Å². The molecule has 1 aromatic carbocycles. The summed E-state index contributed by atoms with van der Waals surface area (Å²) in [6.45, 7) is 5.32. The van der Waals surface area contributed by atoms with Gasteiger partial charge in [-0.15, -0.1) is 5.10 Å². The molecule has 2 aromatic heterocycles. The molecule has 130 valence electrons. The Balaban J connectivity index is 1.51. The smallest absolute Gasteiger partial charge is 0.319 e. The van der Waals surface area contributed by atoms with Gasteiger partial charge >= 0.3 is 6.03 Å². The third-order valence-corrected chi connectivity index (χ3v) is 3.72. The molecule has 2 N–H and O–H groups in total. The summed E-state index contributed by atoms with van der Waals surface area (Å²) in [6, 6.07) is 7.21. The van der Waals surface area contributed by atoms with Crippen molar-refractivity contribution in [3.63, 3.8) is 0 Å². The third-order valence-electron chi connectivity index (χ3n) is 3.72. The summed E-state index contributed by atoms with van der Waals surface area (Å²) in [4.78, 5) is 12.1. The van der Waals surface area contributed by atoms with Gasteiger partial charge in [-0.3, -0.25) is 4.68 Å². The Morgan fingerprint density at radius 2 is 2.24 bits per heavy atom. The number of nitrogens with zero attached hydrogens (tertiary/aromatic N) is 6. The van der Waals surface area contributed by atoms with Crippen LogP contribution in [-0.4, -0.2) is 42.6 Å². The SMILES string of the molecule is Cc1cc(NC(=O)NC[C@@H](C)Cn2cccn2)ccc1-n1cnnn1. The quantitative estimate of drug-likeness (QED) is 0.710. The van der Waals surface area contributed by atoms with Crippen LogP contribution >= 0.6 is 0 Å². The Hall–Kier alpha value is -3.23. The van der Waals surface area contributed by atoms with Crippen molar-refractivity contribution < 1.29 is 4.79 Å². The zero-order valence-electron chi connectivity index (χ0n) is 14.1. The number of hydrogen-bond acceptors (Lipinski definition) is 5. The van der Waals surface area contributed by atoms with Crippen molar-refractivity contribution in [1.82, 2.24) is 35.3 Å². The van der Waals surface area contributed by atoms with E-state index >= 15 is 0 Å². The Bertz CT molecular complexity index is 813. The molecule has 0 radical (unpaired) electrons. The van der Waals surface area contributed by atoms with Gasteiger partial charge in [0.15, 0.2) is 0 Å². The maximum absolute atomic E-state index is 12.1. The van der Waals surface area contributed by atoms with Crippen molar-refractivity contribution in [3.8, 4) is 5.69 Å². The Morgan fingerprint density at radius 1 is 1.36 bits per heavy atom. The lowest BCUT2D eigenvalue weighted by Crippen LogP contribution is -2.33. The van der Waals surface area contributed by atoms with Gasteiger partial charge in [-0.1, -0.05) is 6.92 Å². The highest BCUT2D eigenvalue weighted by molar-refractivity contribution is 5.89. The minimum absolute atomic E-state index is 0.234. The first-order valence-corrected chi connectivity index (χ1v) is 7.98. The number of urea groups is 1. The topological polar surface area (TPSA) is 103 Å². The highest BCUT2D eigenvalue weighted by Gasteiger charge is 2.08. The van der Waals surface area contributed by atoms with Crippen molar-refractivity contribution in [2.75, 3.05) is 11.9 Å². The monoisotopic (exact) mass is 340 g/mol. The Kier molecular flexibility index (Phi) is 5.03. The van der Waals surface area contributed by atoms with E-state index in [1.807, 2.05) is 42.1 Å². The zero-order chi connectivity index (χ0) is 17.6. The number of hydrogen-bond donors (Lipinski definition) is 2. The number of aromatic nitrogens is 6. The molecule has 2 heterocycles. The predicted octanol–water partition coefficient (Wildman–Crippen LogP) is 1.63. The summed E-state index contributed by atoms with van der Waals surface area (Å²) in [5.41, 5.74) is 2.53. The number of aryl methyl sites for hydroxylation is 1. The van der Waals surface area contributed by atoms with Gasteiger partial charge in [-0.05, 0) is 53.1 Å². The fourth-order valence-electron chi connectivity index (χ4n) is 2.50. The van der Waals surface area contributed by atoms with Crippen LogP contribution in [0.4, 0.5) is 10.5 Å². The average Bonchev–Trinajstić information content (AvgIpc) is 3.27. The molecule has 0 aliphatic carbocycles. The summed E-state index contributed by atoms with van der Waals surface area (Å²) in [5.74, 6) is 0.273. The Labute approximate surface area is 145 Å². The summed E-state index contributed by atoms with van der Waals surface area (Å²) in [7, 11) is 0. The van der Waals surface area contributed by atoms with Crippen molar-refractivity contribution in [1.29, 1.82) is 0 Å². The number of nitrogens with one attached hydrogen (secondary N) is 2. The van der Waals surface area contributed by atoms with E-state index < -0.39 is 0 Å². The van der Waals surface area contributed by atoms with Gasteiger partial charge in [-0.2, -0.15) is 5.10 Å². The van der Waals surface area contributed by atoms with E-state index in [1.54, 1.807) is 10.9 Å². The molecule has 0 bridgehead atoms. The van der Waals surface area contributed by atoms with Gasteiger partial charge in [0.05, 0.1) is 5.69 Å². The number of amides is 2. The molecule has 9 nitrogen and oxygen atoms in total. The second kappa shape index (κ2) is 7.56. The molecule has 0 fully saturated rings. The number of benzene rings is 1. The van der Waals surface area contributed by atoms with Crippen molar-refractivity contribution >= 4 is 11.7 Å². The van der Waals surface area contributed by atoms with E-state index in [1.165, 1.54) is 6.33 Å². The van der Waals surface area contributed by atoms with E-state index in [4.69, 9.17) is 0 Å². The molecule has 0 saturated carbocycles. The maximum atomic E-state index is 12.1. The maximum Gasteiger partial charge on any atom is 0.319 e. The Morgan fingerprint density at radius 3 is 2.92 bits per heavy atom. The molecular weight excluding hydrogens is 320 g/mol. The van der Waals surface area contributed by atoms with E-state index in [-0.39, 0.29) is 11.9 Å².